The minimum atomic E-state index is -2.94. The highest BCUT2D eigenvalue weighted by atomic mass is 19.3. The van der Waals surface area contributed by atoms with Gasteiger partial charge in [0.25, 0.3) is 0 Å². The summed E-state index contributed by atoms with van der Waals surface area (Å²) >= 11 is 0. The number of para-hydroxylation sites is 1. The van der Waals surface area contributed by atoms with Crippen molar-refractivity contribution in [3.63, 3.8) is 0 Å². The van der Waals surface area contributed by atoms with Gasteiger partial charge >= 0.3 is 6.61 Å². The van der Waals surface area contributed by atoms with Crippen molar-refractivity contribution in [3.05, 3.63) is 35.7 Å². The number of aliphatic hydroxyl groups is 1. The van der Waals surface area contributed by atoms with E-state index in [0.29, 0.717) is 5.82 Å². The molecule has 2 rings (SSSR count). The molecule has 1 N–H and O–H groups in total. The van der Waals surface area contributed by atoms with Crippen LogP contribution in [0.4, 0.5) is 8.78 Å². The number of nitrogens with zero attached hydrogens (tertiary/aromatic N) is 4. The van der Waals surface area contributed by atoms with E-state index in [1.165, 1.54) is 16.9 Å². The van der Waals surface area contributed by atoms with Crippen LogP contribution in [0.1, 0.15) is 17.5 Å². The Bertz CT molecular complexity index is 547. The zero-order valence-electron chi connectivity index (χ0n) is 10.1. The lowest BCUT2D eigenvalue weighted by molar-refractivity contribution is -0.0515. The van der Waals surface area contributed by atoms with Crippen molar-refractivity contribution < 1.29 is 18.6 Å². The first kappa shape index (κ1) is 13.3. The van der Waals surface area contributed by atoms with Crippen molar-refractivity contribution in [1.82, 2.24) is 20.2 Å². The summed E-state index contributed by atoms with van der Waals surface area (Å²) in [5.41, 5.74) is 0.259. The van der Waals surface area contributed by atoms with Crippen LogP contribution >= 0.6 is 0 Å². The summed E-state index contributed by atoms with van der Waals surface area (Å²) in [4.78, 5) is 1.25. The number of aliphatic hydroxyl groups excluding tert-OH is 1. The van der Waals surface area contributed by atoms with Crippen molar-refractivity contribution in [3.8, 4) is 5.75 Å². The minimum absolute atomic E-state index is 0.0612. The molecule has 1 unspecified atom stereocenters. The molecule has 1 aromatic heterocycles. The molecule has 0 spiro atoms. The highest BCUT2D eigenvalue weighted by molar-refractivity contribution is 5.35. The van der Waals surface area contributed by atoms with Crippen molar-refractivity contribution >= 4 is 0 Å². The lowest BCUT2D eigenvalue weighted by Crippen LogP contribution is -2.09. The number of tetrazole rings is 1. The zero-order chi connectivity index (χ0) is 13.8. The van der Waals surface area contributed by atoms with E-state index in [2.05, 4.69) is 20.1 Å². The highest BCUT2D eigenvalue weighted by Crippen LogP contribution is 2.27. The summed E-state index contributed by atoms with van der Waals surface area (Å²) < 4.78 is 28.9. The third kappa shape index (κ3) is 3.44. The van der Waals surface area contributed by atoms with Crippen LogP contribution < -0.4 is 4.74 Å². The van der Waals surface area contributed by atoms with Gasteiger partial charge in [-0.15, -0.1) is 10.2 Å². The molecule has 1 aromatic carbocycles. The molecule has 0 amide bonds. The molecule has 0 aliphatic carbocycles. The number of hydrogen-bond donors (Lipinski definition) is 1. The average molecular weight is 270 g/mol. The summed E-state index contributed by atoms with van der Waals surface area (Å²) in [6, 6.07) is 6.06. The third-order valence-corrected chi connectivity index (χ3v) is 2.42. The van der Waals surface area contributed by atoms with Crippen LogP contribution in [0.3, 0.4) is 0 Å². The maximum atomic E-state index is 12.3. The van der Waals surface area contributed by atoms with Gasteiger partial charge in [-0.05, 0) is 11.3 Å². The van der Waals surface area contributed by atoms with E-state index in [4.69, 9.17) is 0 Å². The van der Waals surface area contributed by atoms with Crippen molar-refractivity contribution in [2.45, 2.75) is 19.1 Å². The van der Waals surface area contributed by atoms with Crippen molar-refractivity contribution in [2.24, 2.45) is 7.05 Å². The fourth-order valence-electron chi connectivity index (χ4n) is 1.65. The number of hydrogen-bond acceptors (Lipinski definition) is 5. The van der Waals surface area contributed by atoms with Crippen LogP contribution in [-0.2, 0) is 13.5 Å². The second-order valence-electron chi connectivity index (χ2n) is 3.83. The van der Waals surface area contributed by atoms with E-state index in [1.807, 2.05) is 0 Å². The Morgan fingerprint density at radius 2 is 2.11 bits per heavy atom. The minimum Gasteiger partial charge on any atom is -0.434 e. The van der Waals surface area contributed by atoms with Crippen molar-refractivity contribution in [2.75, 3.05) is 0 Å². The van der Waals surface area contributed by atoms with Gasteiger partial charge in [-0.3, -0.25) is 0 Å². The third-order valence-electron chi connectivity index (χ3n) is 2.42. The Kier molecular flexibility index (Phi) is 4.00. The maximum absolute atomic E-state index is 12.3. The van der Waals surface area contributed by atoms with Crippen LogP contribution in [-0.4, -0.2) is 31.9 Å². The summed E-state index contributed by atoms with van der Waals surface area (Å²) in [7, 11) is 1.59. The zero-order valence-corrected chi connectivity index (χ0v) is 10.1. The van der Waals surface area contributed by atoms with E-state index in [1.54, 1.807) is 19.2 Å². The van der Waals surface area contributed by atoms with Gasteiger partial charge < -0.3 is 9.84 Å². The quantitative estimate of drug-likeness (QED) is 0.880. The van der Waals surface area contributed by atoms with Gasteiger partial charge in [-0.2, -0.15) is 13.6 Å². The topological polar surface area (TPSA) is 73.1 Å². The van der Waals surface area contributed by atoms with E-state index in [0.717, 1.165) is 0 Å². The molecule has 1 atom stereocenters. The number of rotatable bonds is 5. The second-order valence-corrected chi connectivity index (χ2v) is 3.83. The molecule has 6 nitrogen and oxygen atoms in total. The van der Waals surface area contributed by atoms with Gasteiger partial charge in [0.2, 0.25) is 0 Å². The van der Waals surface area contributed by atoms with Gasteiger partial charge in [0.15, 0.2) is 5.82 Å². The van der Waals surface area contributed by atoms with E-state index in [9.17, 15) is 13.9 Å². The number of aromatic nitrogens is 4. The summed E-state index contributed by atoms with van der Waals surface area (Å²) in [5, 5.41) is 21.3. The molecule has 102 valence electrons. The number of benzene rings is 1. The predicted octanol–water partition coefficient (Wildman–Crippen LogP) is 1.09. The first-order valence-electron chi connectivity index (χ1n) is 5.51. The first-order chi connectivity index (χ1) is 9.06. The molecule has 19 heavy (non-hydrogen) atoms. The number of halogens is 2. The number of alkyl halides is 2. The SMILES string of the molecule is Cn1nnc(CC(O)c2ccccc2OC(F)F)n1. The van der Waals surface area contributed by atoms with Crippen LogP contribution in [0, 0.1) is 0 Å². The Morgan fingerprint density at radius 1 is 1.37 bits per heavy atom. The van der Waals surface area contributed by atoms with Crippen LogP contribution in [0.25, 0.3) is 0 Å². The fraction of sp³-hybridized carbons (Fsp3) is 0.364. The molecular formula is C11H12F2N4O2. The average Bonchev–Trinajstić information content (AvgIpc) is 2.74. The summed E-state index contributed by atoms with van der Waals surface area (Å²) in [6.45, 7) is -2.94. The monoisotopic (exact) mass is 270 g/mol. The lowest BCUT2D eigenvalue weighted by Gasteiger charge is -2.14. The maximum Gasteiger partial charge on any atom is 0.387 e. The second kappa shape index (κ2) is 5.70. The molecular weight excluding hydrogens is 258 g/mol. The number of aryl methyl sites for hydroxylation is 1. The van der Waals surface area contributed by atoms with Gasteiger partial charge in [-0.1, -0.05) is 18.2 Å². The molecule has 0 aliphatic rings. The van der Waals surface area contributed by atoms with Gasteiger partial charge in [0.05, 0.1) is 13.2 Å². The predicted molar refractivity (Wildman–Crippen MR) is 60.5 cm³/mol. The standard InChI is InChI=1S/C11H12F2N4O2/c1-17-15-10(14-16-17)6-8(18)7-4-2-3-5-9(7)19-11(12)13/h2-5,8,11,18H,6H2,1H3. The Balaban J connectivity index is 2.16. The normalized spacial score (nSPS) is 12.7. The molecule has 8 heteroatoms. The molecule has 0 aliphatic heterocycles. The molecule has 0 bridgehead atoms. The highest BCUT2D eigenvalue weighted by Gasteiger charge is 2.18. The number of ether oxygens (including phenoxy) is 1. The van der Waals surface area contributed by atoms with Crippen LogP contribution in [0.2, 0.25) is 0 Å². The Labute approximate surface area is 107 Å². The van der Waals surface area contributed by atoms with E-state index < -0.39 is 12.7 Å². The molecule has 0 radical (unpaired) electrons. The Morgan fingerprint density at radius 3 is 2.74 bits per heavy atom. The molecule has 0 saturated carbocycles. The fourth-order valence-corrected chi connectivity index (χ4v) is 1.65. The molecule has 1 heterocycles. The summed E-state index contributed by atoms with van der Waals surface area (Å²) in [6.07, 6.45) is -0.976. The molecule has 0 saturated heterocycles. The van der Waals surface area contributed by atoms with Gasteiger partial charge in [-0.25, -0.2) is 0 Å². The molecule has 0 fully saturated rings. The van der Waals surface area contributed by atoms with Crippen LogP contribution in [0.5, 0.6) is 5.75 Å². The van der Waals surface area contributed by atoms with Crippen molar-refractivity contribution in [1.29, 1.82) is 0 Å². The molecule has 2 aromatic rings. The smallest absolute Gasteiger partial charge is 0.387 e. The van der Waals surface area contributed by atoms with E-state index in [-0.39, 0.29) is 17.7 Å². The Hall–Kier alpha value is -2.09. The summed E-state index contributed by atoms with van der Waals surface area (Å²) in [5.74, 6) is 0.260. The van der Waals surface area contributed by atoms with Crippen LogP contribution in [0.15, 0.2) is 24.3 Å². The van der Waals surface area contributed by atoms with Gasteiger partial charge in [0, 0.05) is 12.0 Å². The van der Waals surface area contributed by atoms with E-state index >= 15 is 0 Å². The first-order valence-corrected chi connectivity index (χ1v) is 5.51. The lowest BCUT2D eigenvalue weighted by atomic mass is 10.1. The largest absolute Gasteiger partial charge is 0.434 e. The van der Waals surface area contributed by atoms with Gasteiger partial charge in [0.1, 0.15) is 5.75 Å².